The predicted octanol–water partition coefficient (Wildman–Crippen LogP) is 2.03. The molecule has 1 heterocycles. The monoisotopic (exact) mass is 274 g/mol. The third kappa shape index (κ3) is 3.36. The van der Waals surface area contributed by atoms with Gasteiger partial charge in [-0.3, -0.25) is 4.68 Å². The number of benzene rings is 1. The third-order valence-corrected chi connectivity index (χ3v) is 3.27. The van der Waals surface area contributed by atoms with Crippen LogP contribution in [0.3, 0.4) is 0 Å². The van der Waals surface area contributed by atoms with Crippen LogP contribution < -0.4 is 10.1 Å². The number of aromatic nitrogens is 3. The molecule has 2 rings (SSSR count). The number of nitrogens with zero attached hydrogens (tertiary/aromatic N) is 3. The summed E-state index contributed by atoms with van der Waals surface area (Å²) >= 11 is 0. The van der Waals surface area contributed by atoms with Crippen LogP contribution in [-0.2, 0) is 13.5 Å². The van der Waals surface area contributed by atoms with Gasteiger partial charge >= 0.3 is 0 Å². The second kappa shape index (κ2) is 6.52. The van der Waals surface area contributed by atoms with E-state index in [0.29, 0.717) is 0 Å². The van der Waals surface area contributed by atoms with Crippen LogP contribution in [0, 0.1) is 6.92 Å². The maximum atomic E-state index is 5.49. The zero-order valence-electron chi connectivity index (χ0n) is 12.6. The van der Waals surface area contributed by atoms with Crippen LogP contribution in [0.4, 0.5) is 0 Å². The van der Waals surface area contributed by atoms with Crippen molar-refractivity contribution in [2.75, 3.05) is 13.7 Å². The number of rotatable bonds is 6. The topological polar surface area (TPSA) is 52.0 Å². The fraction of sp³-hybridized carbons (Fsp3) is 0.467. The average Bonchev–Trinajstić information content (AvgIpc) is 2.84. The van der Waals surface area contributed by atoms with Gasteiger partial charge in [0.05, 0.1) is 12.8 Å². The van der Waals surface area contributed by atoms with E-state index in [2.05, 4.69) is 41.6 Å². The van der Waals surface area contributed by atoms with E-state index in [4.69, 9.17) is 4.74 Å². The Balaban J connectivity index is 2.30. The van der Waals surface area contributed by atoms with E-state index in [1.807, 2.05) is 19.3 Å². The minimum absolute atomic E-state index is 0.173. The van der Waals surface area contributed by atoms with E-state index >= 15 is 0 Å². The molecule has 0 fully saturated rings. The van der Waals surface area contributed by atoms with E-state index in [0.717, 1.165) is 24.4 Å². The predicted molar refractivity (Wildman–Crippen MR) is 78.9 cm³/mol. The van der Waals surface area contributed by atoms with Crippen molar-refractivity contribution in [2.24, 2.45) is 7.05 Å². The highest BCUT2D eigenvalue weighted by Gasteiger charge is 2.17. The van der Waals surface area contributed by atoms with Crippen molar-refractivity contribution in [1.29, 1.82) is 0 Å². The minimum Gasteiger partial charge on any atom is -0.496 e. The number of nitrogens with one attached hydrogen (secondary N) is 1. The molecule has 0 saturated carbocycles. The Kier molecular flexibility index (Phi) is 4.74. The first-order valence-corrected chi connectivity index (χ1v) is 6.87. The lowest BCUT2D eigenvalue weighted by molar-refractivity contribution is 0.398. The Morgan fingerprint density at radius 2 is 2.20 bits per heavy atom. The zero-order valence-corrected chi connectivity index (χ0v) is 12.6. The van der Waals surface area contributed by atoms with Gasteiger partial charge in [-0.05, 0) is 19.5 Å². The lowest BCUT2D eigenvalue weighted by atomic mass is 9.99. The molecule has 0 aliphatic heterocycles. The average molecular weight is 274 g/mol. The molecule has 0 spiro atoms. The molecular weight excluding hydrogens is 252 g/mol. The van der Waals surface area contributed by atoms with Crippen molar-refractivity contribution >= 4 is 0 Å². The zero-order chi connectivity index (χ0) is 14.5. The molecule has 5 nitrogen and oxygen atoms in total. The van der Waals surface area contributed by atoms with Gasteiger partial charge in [0.1, 0.15) is 5.75 Å². The molecule has 1 aromatic carbocycles. The van der Waals surface area contributed by atoms with Gasteiger partial charge in [-0.2, -0.15) is 0 Å². The van der Waals surface area contributed by atoms with Crippen molar-refractivity contribution in [2.45, 2.75) is 26.3 Å². The molecule has 1 unspecified atom stereocenters. The Morgan fingerprint density at radius 1 is 1.40 bits per heavy atom. The molecule has 2 aromatic rings. The summed E-state index contributed by atoms with van der Waals surface area (Å²) < 4.78 is 7.22. The maximum Gasteiger partial charge on any atom is 0.123 e. The van der Waals surface area contributed by atoms with Gasteiger partial charge in [-0.15, -0.1) is 5.10 Å². The third-order valence-electron chi connectivity index (χ3n) is 3.27. The first-order chi connectivity index (χ1) is 9.63. The number of hydrogen-bond donors (Lipinski definition) is 1. The Morgan fingerprint density at radius 3 is 2.80 bits per heavy atom. The van der Waals surface area contributed by atoms with Crippen molar-refractivity contribution < 1.29 is 4.74 Å². The molecule has 20 heavy (non-hydrogen) atoms. The van der Waals surface area contributed by atoms with Crippen molar-refractivity contribution in [3.8, 4) is 5.75 Å². The standard InChI is InChI=1S/C15H22N4O/c1-5-16-14(9-12-10-19(3)18-17-12)13-8-11(2)6-7-15(13)20-4/h6-8,10,14,16H,5,9H2,1-4H3. The van der Waals surface area contributed by atoms with Gasteiger partial charge in [0.25, 0.3) is 0 Å². The van der Waals surface area contributed by atoms with Crippen LogP contribution in [0.15, 0.2) is 24.4 Å². The fourth-order valence-corrected chi connectivity index (χ4v) is 2.36. The molecule has 108 valence electrons. The highest BCUT2D eigenvalue weighted by atomic mass is 16.5. The summed E-state index contributed by atoms with van der Waals surface area (Å²) in [4.78, 5) is 0. The highest BCUT2D eigenvalue weighted by Crippen LogP contribution is 2.28. The number of methoxy groups -OCH3 is 1. The van der Waals surface area contributed by atoms with Gasteiger partial charge < -0.3 is 10.1 Å². The fourth-order valence-electron chi connectivity index (χ4n) is 2.36. The summed E-state index contributed by atoms with van der Waals surface area (Å²) in [6.07, 6.45) is 2.74. The molecule has 1 atom stereocenters. The van der Waals surface area contributed by atoms with E-state index < -0.39 is 0 Å². The molecule has 0 aliphatic carbocycles. The first-order valence-electron chi connectivity index (χ1n) is 6.87. The summed E-state index contributed by atoms with van der Waals surface area (Å²) in [5, 5.41) is 11.7. The van der Waals surface area contributed by atoms with Crippen LogP contribution in [0.5, 0.6) is 5.75 Å². The van der Waals surface area contributed by atoms with E-state index in [1.165, 1.54) is 11.1 Å². The van der Waals surface area contributed by atoms with E-state index in [9.17, 15) is 0 Å². The van der Waals surface area contributed by atoms with Crippen LogP contribution >= 0.6 is 0 Å². The van der Waals surface area contributed by atoms with Gasteiger partial charge in [0, 0.05) is 31.3 Å². The molecule has 0 radical (unpaired) electrons. The van der Waals surface area contributed by atoms with Crippen molar-refractivity contribution in [3.05, 3.63) is 41.2 Å². The Bertz CT molecular complexity index is 565. The maximum absolute atomic E-state index is 5.49. The highest BCUT2D eigenvalue weighted by molar-refractivity contribution is 5.39. The SMILES string of the molecule is CCNC(Cc1cn(C)nn1)c1cc(C)ccc1OC. The number of likely N-dealkylation sites (N-methyl/N-ethyl adjacent to an activating group) is 1. The molecule has 5 heteroatoms. The van der Waals surface area contributed by atoms with Gasteiger partial charge in [-0.1, -0.05) is 29.8 Å². The Hall–Kier alpha value is -1.88. The molecule has 1 aromatic heterocycles. The molecule has 0 saturated heterocycles. The largest absolute Gasteiger partial charge is 0.496 e. The van der Waals surface area contributed by atoms with Crippen LogP contribution in [0.1, 0.15) is 29.8 Å². The van der Waals surface area contributed by atoms with Crippen LogP contribution in [-0.4, -0.2) is 28.6 Å². The van der Waals surface area contributed by atoms with Crippen molar-refractivity contribution in [3.63, 3.8) is 0 Å². The second-order valence-corrected chi connectivity index (χ2v) is 4.94. The normalized spacial score (nSPS) is 12.4. The molecule has 0 bridgehead atoms. The summed E-state index contributed by atoms with van der Waals surface area (Å²) in [6, 6.07) is 6.42. The van der Waals surface area contributed by atoms with E-state index in [1.54, 1.807) is 11.8 Å². The number of hydrogen-bond acceptors (Lipinski definition) is 4. The lowest BCUT2D eigenvalue weighted by Crippen LogP contribution is -2.23. The summed E-state index contributed by atoms with van der Waals surface area (Å²) in [5.41, 5.74) is 3.37. The first kappa shape index (κ1) is 14.5. The van der Waals surface area contributed by atoms with E-state index in [-0.39, 0.29) is 6.04 Å². The Labute approximate surface area is 120 Å². The quantitative estimate of drug-likeness (QED) is 0.875. The smallest absolute Gasteiger partial charge is 0.123 e. The number of aryl methyl sites for hydroxylation is 2. The molecule has 0 aliphatic rings. The minimum atomic E-state index is 0.173. The van der Waals surface area contributed by atoms with Crippen LogP contribution in [0.25, 0.3) is 0 Å². The second-order valence-electron chi connectivity index (χ2n) is 4.94. The lowest BCUT2D eigenvalue weighted by Gasteiger charge is -2.20. The summed E-state index contributed by atoms with van der Waals surface area (Å²) in [6.45, 7) is 5.09. The molecular formula is C15H22N4O. The van der Waals surface area contributed by atoms with Gasteiger partial charge in [-0.25, -0.2) is 0 Å². The summed E-state index contributed by atoms with van der Waals surface area (Å²) in [5.74, 6) is 0.908. The molecule has 1 N–H and O–H groups in total. The van der Waals surface area contributed by atoms with Crippen LogP contribution in [0.2, 0.25) is 0 Å². The molecule has 0 amide bonds. The summed E-state index contributed by atoms with van der Waals surface area (Å²) in [7, 11) is 3.59. The van der Waals surface area contributed by atoms with Gasteiger partial charge in [0.2, 0.25) is 0 Å². The van der Waals surface area contributed by atoms with Crippen molar-refractivity contribution in [1.82, 2.24) is 20.3 Å². The number of ether oxygens (including phenoxy) is 1. The van der Waals surface area contributed by atoms with Gasteiger partial charge in [0.15, 0.2) is 0 Å².